The quantitative estimate of drug-likeness (QED) is 0.576. The van der Waals surface area contributed by atoms with Crippen LogP contribution in [0.5, 0.6) is 0 Å². The molecule has 2 rings (SSSR count). The Morgan fingerprint density at radius 1 is 1.17 bits per heavy atom. The van der Waals surface area contributed by atoms with Crippen LogP contribution in [-0.4, -0.2) is 10.8 Å². The van der Waals surface area contributed by atoms with Crippen LogP contribution in [0.1, 0.15) is 42.3 Å². The third kappa shape index (κ3) is 4.00. The SMILES string of the molecule is Cc1ccc(C(=O)Nc2ccc(C(C)(C)C)cc2Br)cc1[N+](=O)[O-]. The lowest BCUT2D eigenvalue weighted by Crippen LogP contribution is -2.14. The van der Waals surface area contributed by atoms with Crippen LogP contribution in [0.4, 0.5) is 11.4 Å². The van der Waals surface area contributed by atoms with Crippen molar-refractivity contribution in [1.29, 1.82) is 0 Å². The molecule has 0 spiro atoms. The Balaban J connectivity index is 2.27. The van der Waals surface area contributed by atoms with Crippen LogP contribution >= 0.6 is 15.9 Å². The van der Waals surface area contributed by atoms with Gasteiger partial charge in [0.25, 0.3) is 11.6 Å². The second kappa shape index (κ2) is 6.73. The molecule has 2 aromatic rings. The lowest BCUT2D eigenvalue weighted by molar-refractivity contribution is -0.385. The molecule has 126 valence electrons. The van der Waals surface area contributed by atoms with Crippen LogP contribution in [-0.2, 0) is 5.41 Å². The van der Waals surface area contributed by atoms with E-state index >= 15 is 0 Å². The maximum atomic E-state index is 12.4. The molecule has 0 radical (unpaired) electrons. The van der Waals surface area contributed by atoms with E-state index < -0.39 is 4.92 Å². The lowest BCUT2D eigenvalue weighted by atomic mass is 9.87. The second-order valence-electron chi connectivity index (χ2n) is 6.66. The summed E-state index contributed by atoms with van der Waals surface area (Å²) in [6.45, 7) is 7.97. The van der Waals surface area contributed by atoms with Gasteiger partial charge in [-0.15, -0.1) is 0 Å². The number of halogens is 1. The van der Waals surface area contributed by atoms with E-state index in [0.29, 0.717) is 11.3 Å². The molecule has 0 unspecified atom stereocenters. The fourth-order valence-electron chi connectivity index (χ4n) is 2.22. The Labute approximate surface area is 149 Å². The monoisotopic (exact) mass is 390 g/mol. The van der Waals surface area contributed by atoms with E-state index in [4.69, 9.17) is 0 Å². The number of nitro groups is 1. The summed E-state index contributed by atoms with van der Waals surface area (Å²) in [7, 11) is 0. The number of nitro benzene ring substituents is 1. The molecule has 0 saturated heterocycles. The highest BCUT2D eigenvalue weighted by atomic mass is 79.9. The summed E-state index contributed by atoms with van der Waals surface area (Å²) < 4.78 is 0.768. The largest absolute Gasteiger partial charge is 0.321 e. The summed E-state index contributed by atoms with van der Waals surface area (Å²) in [5, 5.41) is 13.8. The first-order valence-corrected chi connectivity index (χ1v) is 8.25. The molecule has 2 aromatic carbocycles. The van der Waals surface area contributed by atoms with Crippen molar-refractivity contribution in [3.05, 3.63) is 67.7 Å². The highest BCUT2D eigenvalue weighted by Gasteiger charge is 2.18. The molecule has 5 nitrogen and oxygen atoms in total. The highest BCUT2D eigenvalue weighted by Crippen LogP contribution is 2.30. The number of nitrogens with one attached hydrogen (secondary N) is 1. The molecule has 24 heavy (non-hydrogen) atoms. The van der Waals surface area contributed by atoms with Gasteiger partial charge in [-0.2, -0.15) is 0 Å². The Morgan fingerprint density at radius 2 is 1.83 bits per heavy atom. The minimum absolute atomic E-state index is 0.00261. The number of hydrogen-bond acceptors (Lipinski definition) is 3. The van der Waals surface area contributed by atoms with Gasteiger partial charge >= 0.3 is 0 Å². The summed E-state index contributed by atoms with van der Waals surface area (Å²) in [5.74, 6) is -0.387. The van der Waals surface area contributed by atoms with Gasteiger partial charge in [0.05, 0.1) is 10.6 Å². The number of benzene rings is 2. The van der Waals surface area contributed by atoms with E-state index in [0.717, 1.165) is 10.0 Å². The van der Waals surface area contributed by atoms with Crippen LogP contribution in [0.2, 0.25) is 0 Å². The smallest absolute Gasteiger partial charge is 0.273 e. The molecule has 1 amide bonds. The van der Waals surface area contributed by atoms with Gasteiger partial charge in [-0.05, 0) is 52.0 Å². The molecule has 1 N–H and O–H groups in total. The number of nitrogens with zero attached hydrogens (tertiary/aromatic N) is 1. The van der Waals surface area contributed by atoms with Crippen molar-refractivity contribution in [2.45, 2.75) is 33.1 Å². The molecular formula is C18H19BrN2O3. The number of aryl methyl sites for hydroxylation is 1. The predicted molar refractivity (Wildman–Crippen MR) is 98.6 cm³/mol. The van der Waals surface area contributed by atoms with E-state index in [2.05, 4.69) is 42.0 Å². The molecule has 0 aliphatic rings. The Bertz CT molecular complexity index is 810. The first-order chi connectivity index (χ1) is 11.1. The topological polar surface area (TPSA) is 72.2 Å². The Hall–Kier alpha value is -2.21. The summed E-state index contributed by atoms with van der Waals surface area (Å²) >= 11 is 3.47. The van der Waals surface area contributed by atoms with Crippen molar-refractivity contribution < 1.29 is 9.72 Å². The predicted octanol–water partition coefficient (Wildman–Crippen LogP) is 5.22. The second-order valence-corrected chi connectivity index (χ2v) is 7.51. The maximum absolute atomic E-state index is 12.4. The van der Waals surface area contributed by atoms with Crippen molar-refractivity contribution >= 4 is 33.2 Å². The average Bonchev–Trinajstić information content (AvgIpc) is 2.48. The summed E-state index contributed by atoms with van der Waals surface area (Å²) in [6.07, 6.45) is 0. The molecule has 0 fully saturated rings. The number of rotatable bonds is 3. The maximum Gasteiger partial charge on any atom is 0.273 e. The van der Waals surface area contributed by atoms with Gasteiger partial charge in [0.15, 0.2) is 0 Å². The fourth-order valence-corrected chi connectivity index (χ4v) is 2.70. The summed E-state index contributed by atoms with van der Waals surface area (Å²) in [6, 6.07) is 10.2. The normalized spacial score (nSPS) is 11.2. The molecule has 0 aromatic heterocycles. The number of carbonyl (C=O) groups excluding carboxylic acids is 1. The van der Waals surface area contributed by atoms with Crippen LogP contribution < -0.4 is 5.32 Å². The third-order valence-corrected chi connectivity index (χ3v) is 4.41. The molecule has 0 aliphatic carbocycles. The van der Waals surface area contributed by atoms with Crippen molar-refractivity contribution in [2.75, 3.05) is 5.32 Å². The van der Waals surface area contributed by atoms with Gasteiger partial charge < -0.3 is 5.32 Å². The fraction of sp³-hybridized carbons (Fsp3) is 0.278. The molecule has 6 heteroatoms. The van der Waals surface area contributed by atoms with E-state index in [-0.39, 0.29) is 22.6 Å². The van der Waals surface area contributed by atoms with Crippen LogP contribution in [0.15, 0.2) is 40.9 Å². The standard InChI is InChI=1S/C18H19BrN2O3/c1-11-5-6-12(9-16(11)21(23)24)17(22)20-15-8-7-13(10-14(15)19)18(2,3)4/h5-10H,1-4H3,(H,20,22). The van der Waals surface area contributed by atoms with Crippen molar-refractivity contribution in [3.63, 3.8) is 0 Å². The number of hydrogen-bond donors (Lipinski definition) is 1. The van der Waals surface area contributed by atoms with E-state index in [9.17, 15) is 14.9 Å². The van der Waals surface area contributed by atoms with Crippen LogP contribution in [0.25, 0.3) is 0 Å². The first kappa shape index (κ1) is 18.1. The minimum atomic E-state index is -0.486. The number of anilines is 1. The first-order valence-electron chi connectivity index (χ1n) is 7.46. The molecule has 0 heterocycles. The number of carbonyl (C=O) groups is 1. The lowest BCUT2D eigenvalue weighted by Gasteiger charge is -2.20. The van der Waals surface area contributed by atoms with Crippen molar-refractivity contribution in [2.24, 2.45) is 0 Å². The molecule has 0 bridgehead atoms. The zero-order valence-electron chi connectivity index (χ0n) is 14.0. The van der Waals surface area contributed by atoms with Crippen LogP contribution in [0.3, 0.4) is 0 Å². The molecule has 0 saturated carbocycles. The van der Waals surface area contributed by atoms with Crippen LogP contribution in [0, 0.1) is 17.0 Å². The van der Waals surface area contributed by atoms with Gasteiger partial charge in [-0.3, -0.25) is 14.9 Å². The van der Waals surface area contributed by atoms with Crippen molar-refractivity contribution in [3.8, 4) is 0 Å². The number of amides is 1. The van der Waals surface area contributed by atoms with Crippen molar-refractivity contribution in [1.82, 2.24) is 0 Å². The Kier molecular flexibility index (Phi) is 5.08. The zero-order valence-corrected chi connectivity index (χ0v) is 15.6. The van der Waals surface area contributed by atoms with Gasteiger partial charge in [-0.25, -0.2) is 0 Å². The van der Waals surface area contributed by atoms with Gasteiger partial charge in [0, 0.05) is 21.7 Å². The molecule has 0 aliphatic heterocycles. The van der Waals surface area contributed by atoms with E-state index in [1.165, 1.54) is 6.07 Å². The van der Waals surface area contributed by atoms with E-state index in [1.807, 2.05) is 18.2 Å². The third-order valence-electron chi connectivity index (χ3n) is 3.75. The highest BCUT2D eigenvalue weighted by molar-refractivity contribution is 9.10. The summed E-state index contributed by atoms with van der Waals surface area (Å²) in [4.78, 5) is 22.9. The van der Waals surface area contributed by atoms with Gasteiger partial charge in [0.1, 0.15) is 0 Å². The molecule has 0 atom stereocenters. The zero-order chi connectivity index (χ0) is 18.1. The summed E-state index contributed by atoms with van der Waals surface area (Å²) in [5.41, 5.74) is 2.47. The molecular weight excluding hydrogens is 372 g/mol. The van der Waals surface area contributed by atoms with Gasteiger partial charge in [-0.1, -0.05) is 32.9 Å². The average molecular weight is 391 g/mol. The minimum Gasteiger partial charge on any atom is -0.321 e. The Morgan fingerprint density at radius 3 is 2.38 bits per heavy atom. The van der Waals surface area contributed by atoms with Gasteiger partial charge in [0.2, 0.25) is 0 Å². The van der Waals surface area contributed by atoms with E-state index in [1.54, 1.807) is 19.1 Å².